The largest absolute Gasteiger partial charge is 0.0614 e. The molecule has 0 fully saturated rings. The summed E-state index contributed by atoms with van der Waals surface area (Å²) in [4.78, 5) is 0. The minimum Gasteiger partial charge on any atom is -0.0614 e. The Morgan fingerprint density at radius 1 is 0.393 bits per heavy atom. The van der Waals surface area contributed by atoms with Crippen molar-refractivity contribution in [2.75, 3.05) is 0 Å². The molecule has 4 rings (SSSR count). The third-order valence-electron chi connectivity index (χ3n) is 5.66. The van der Waals surface area contributed by atoms with Crippen molar-refractivity contribution in [3.8, 4) is 33.4 Å². The van der Waals surface area contributed by atoms with E-state index in [4.69, 9.17) is 0 Å². The highest BCUT2D eigenvalue weighted by atomic mass is 14.1. The van der Waals surface area contributed by atoms with Gasteiger partial charge in [-0.1, -0.05) is 96.1 Å². The molecule has 0 saturated carbocycles. The van der Waals surface area contributed by atoms with Crippen LogP contribution in [0.1, 0.15) is 22.3 Å². The van der Waals surface area contributed by atoms with Crippen LogP contribution in [-0.2, 0) is 0 Å². The number of benzene rings is 4. The zero-order valence-electron chi connectivity index (χ0n) is 17.1. The summed E-state index contributed by atoms with van der Waals surface area (Å²) in [5, 5.41) is 0. The van der Waals surface area contributed by atoms with Gasteiger partial charge in [-0.05, 0) is 72.2 Å². The number of rotatable bonds is 3. The first kappa shape index (κ1) is 18.3. The quantitative estimate of drug-likeness (QED) is 0.347. The molecule has 0 unspecified atom stereocenters. The Kier molecular flexibility index (Phi) is 4.88. The van der Waals surface area contributed by atoms with Gasteiger partial charge in [-0.3, -0.25) is 0 Å². The first-order valence-corrected chi connectivity index (χ1v) is 9.87. The van der Waals surface area contributed by atoms with Gasteiger partial charge in [-0.15, -0.1) is 0 Å². The van der Waals surface area contributed by atoms with Gasteiger partial charge in [0.1, 0.15) is 0 Å². The summed E-state index contributed by atoms with van der Waals surface area (Å²) in [6, 6.07) is 30.9. The van der Waals surface area contributed by atoms with Crippen LogP contribution in [0.4, 0.5) is 0 Å². The molecule has 0 N–H and O–H groups in total. The Balaban J connectivity index is 1.71. The lowest BCUT2D eigenvalue weighted by Gasteiger charge is -2.15. The highest BCUT2D eigenvalue weighted by molar-refractivity contribution is 5.78. The van der Waals surface area contributed by atoms with Crippen molar-refractivity contribution in [1.82, 2.24) is 0 Å². The Bertz CT molecular complexity index is 1130. The zero-order valence-corrected chi connectivity index (χ0v) is 17.1. The first-order chi connectivity index (χ1) is 13.5. The smallest absolute Gasteiger partial charge is 0.0152 e. The van der Waals surface area contributed by atoms with E-state index in [1.165, 1.54) is 55.6 Å². The second kappa shape index (κ2) is 7.48. The van der Waals surface area contributed by atoms with Gasteiger partial charge in [0, 0.05) is 0 Å². The summed E-state index contributed by atoms with van der Waals surface area (Å²) in [7, 11) is 0. The molecule has 4 aromatic carbocycles. The molecule has 0 saturated heterocycles. The highest BCUT2D eigenvalue weighted by Crippen LogP contribution is 2.34. The zero-order chi connectivity index (χ0) is 19.7. The maximum atomic E-state index is 2.27. The Morgan fingerprint density at radius 2 is 0.857 bits per heavy atom. The summed E-state index contributed by atoms with van der Waals surface area (Å²) in [6.07, 6.45) is 0. The van der Waals surface area contributed by atoms with Crippen LogP contribution >= 0.6 is 0 Å². The highest BCUT2D eigenvalue weighted by Gasteiger charge is 2.10. The second-order valence-electron chi connectivity index (χ2n) is 7.73. The van der Waals surface area contributed by atoms with E-state index < -0.39 is 0 Å². The van der Waals surface area contributed by atoms with Gasteiger partial charge in [0.25, 0.3) is 0 Å². The van der Waals surface area contributed by atoms with Gasteiger partial charge in [-0.25, -0.2) is 0 Å². The van der Waals surface area contributed by atoms with Crippen molar-refractivity contribution in [3.05, 3.63) is 107 Å². The summed E-state index contributed by atoms with van der Waals surface area (Å²) in [6.45, 7) is 8.76. The maximum absolute atomic E-state index is 2.27. The molecule has 0 aromatic heterocycles. The molecule has 0 aliphatic heterocycles. The van der Waals surface area contributed by atoms with E-state index in [0.29, 0.717) is 0 Å². The summed E-state index contributed by atoms with van der Waals surface area (Å²) < 4.78 is 0. The molecule has 0 nitrogen and oxygen atoms in total. The second-order valence-corrected chi connectivity index (χ2v) is 7.73. The third kappa shape index (κ3) is 3.51. The molecule has 0 amide bonds. The van der Waals surface area contributed by atoms with Crippen LogP contribution < -0.4 is 0 Å². The molecule has 0 aliphatic carbocycles. The lowest BCUT2D eigenvalue weighted by atomic mass is 9.90. The standard InChI is InChI=1S/C28H26/c1-19-7-5-9-25(17-19)23-11-13-24(14-12-23)27-15-16-28(22(4)21(27)3)26-10-6-8-20(2)18-26/h5-18H,1-4H3. The fourth-order valence-corrected chi connectivity index (χ4v) is 3.93. The van der Waals surface area contributed by atoms with Crippen LogP contribution in [0.3, 0.4) is 0 Å². The van der Waals surface area contributed by atoms with E-state index in [0.717, 1.165) is 0 Å². The number of hydrogen-bond donors (Lipinski definition) is 0. The van der Waals surface area contributed by atoms with Crippen LogP contribution in [0.5, 0.6) is 0 Å². The monoisotopic (exact) mass is 362 g/mol. The molecular formula is C28H26. The third-order valence-corrected chi connectivity index (χ3v) is 5.66. The van der Waals surface area contributed by atoms with Crippen LogP contribution in [-0.4, -0.2) is 0 Å². The SMILES string of the molecule is Cc1cccc(-c2ccc(-c3ccc(-c4cccc(C)c4)c(C)c3C)cc2)c1. The number of aryl methyl sites for hydroxylation is 2. The van der Waals surface area contributed by atoms with E-state index in [-0.39, 0.29) is 0 Å². The number of hydrogen-bond acceptors (Lipinski definition) is 0. The van der Waals surface area contributed by atoms with Crippen molar-refractivity contribution in [2.45, 2.75) is 27.7 Å². The minimum absolute atomic E-state index is 1.26. The van der Waals surface area contributed by atoms with Gasteiger partial charge in [-0.2, -0.15) is 0 Å². The normalized spacial score (nSPS) is 10.9. The van der Waals surface area contributed by atoms with Gasteiger partial charge in [0.15, 0.2) is 0 Å². The molecule has 138 valence electrons. The van der Waals surface area contributed by atoms with Crippen LogP contribution in [0.25, 0.3) is 33.4 Å². The molecule has 0 radical (unpaired) electrons. The lowest BCUT2D eigenvalue weighted by molar-refractivity contribution is 1.33. The van der Waals surface area contributed by atoms with Crippen molar-refractivity contribution < 1.29 is 0 Å². The van der Waals surface area contributed by atoms with E-state index in [1.54, 1.807) is 0 Å². The summed E-state index contributed by atoms with van der Waals surface area (Å²) >= 11 is 0. The predicted octanol–water partition coefficient (Wildman–Crippen LogP) is 7.92. The maximum Gasteiger partial charge on any atom is -0.0152 e. The minimum atomic E-state index is 1.26. The van der Waals surface area contributed by atoms with Gasteiger partial charge in [0.2, 0.25) is 0 Å². The van der Waals surface area contributed by atoms with E-state index in [1.807, 2.05) is 0 Å². The molecule has 4 aromatic rings. The molecule has 0 atom stereocenters. The Labute approximate surface area is 168 Å². The molecule has 0 heteroatoms. The van der Waals surface area contributed by atoms with Crippen molar-refractivity contribution in [2.24, 2.45) is 0 Å². The molecular weight excluding hydrogens is 336 g/mol. The van der Waals surface area contributed by atoms with Crippen molar-refractivity contribution >= 4 is 0 Å². The molecule has 0 bridgehead atoms. The molecule has 0 spiro atoms. The predicted molar refractivity (Wildman–Crippen MR) is 122 cm³/mol. The van der Waals surface area contributed by atoms with Crippen LogP contribution in [0.15, 0.2) is 84.9 Å². The van der Waals surface area contributed by atoms with Crippen molar-refractivity contribution in [1.29, 1.82) is 0 Å². The van der Waals surface area contributed by atoms with Gasteiger partial charge >= 0.3 is 0 Å². The van der Waals surface area contributed by atoms with Crippen molar-refractivity contribution in [3.63, 3.8) is 0 Å². The van der Waals surface area contributed by atoms with Gasteiger partial charge < -0.3 is 0 Å². The molecule has 28 heavy (non-hydrogen) atoms. The summed E-state index contributed by atoms with van der Waals surface area (Å²) in [5.41, 5.74) is 13.0. The molecule has 0 aliphatic rings. The summed E-state index contributed by atoms with van der Waals surface area (Å²) in [5.74, 6) is 0. The van der Waals surface area contributed by atoms with E-state index in [2.05, 4.69) is 113 Å². The average molecular weight is 363 g/mol. The fraction of sp³-hybridized carbons (Fsp3) is 0.143. The van der Waals surface area contributed by atoms with Crippen LogP contribution in [0, 0.1) is 27.7 Å². The first-order valence-electron chi connectivity index (χ1n) is 9.87. The average Bonchev–Trinajstić information content (AvgIpc) is 2.70. The fourth-order valence-electron chi connectivity index (χ4n) is 3.93. The van der Waals surface area contributed by atoms with Crippen LogP contribution in [0.2, 0.25) is 0 Å². The Hall–Kier alpha value is -3.12. The Morgan fingerprint density at radius 3 is 1.43 bits per heavy atom. The van der Waals surface area contributed by atoms with Gasteiger partial charge in [0.05, 0.1) is 0 Å². The lowest BCUT2D eigenvalue weighted by Crippen LogP contribution is -1.92. The van der Waals surface area contributed by atoms with E-state index >= 15 is 0 Å². The molecule has 0 heterocycles. The van der Waals surface area contributed by atoms with E-state index in [9.17, 15) is 0 Å². The topological polar surface area (TPSA) is 0 Å².